The average Bonchev–Trinajstić information content (AvgIpc) is 2.66. The molecular weight excluding hydrogens is 279 g/mol. The van der Waals surface area contributed by atoms with Crippen LogP contribution in [0.3, 0.4) is 0 Å². The van der Waals surface area contributed by atoms with Crippen molar-refractivity contribution in [3.63, 3.8) is 0 Å². The van der Waals surface area contributed by atoms with E-state index in [9.17, 15) is 9.18 Å². The van der Waals surface area contributed by atoms with Gasteiger partial charge >= 0.3 is 5.97 Å². The molecule has 1 heterocycles. The summed E-state index contributed by atoms with van der Waals surface area (Å²) in [7, 11) is 0. The Morgan fingerprint density at radius 2 is 2.19 bits per heavy atom. The first-order valence-corrected chi connectivity index (χ1v) is 5.11. The van der Waals surface area contributed by atoms with E-state index in [4.69, 9.17) is 5.11 Å². The van der Waals surface area contributed by atoms with E-state index in [0.29, 0.717) is 4.47 Å². The van der Waals surface area contributed by atoms with Crippen LogP contribution in [-0.4, -0.2) is 21.3 Å². The maximum Gasteiger partial charge on any atom is 0.353 e. The largest absolute Gasteiger partial charge is 0.477 e. The molecular formula is C10H6BrFN2O2. The molecule has 0 atom stereocenters. The summed E-state index contributed by atoms with van der Waals surface area (Å²) in [5.74, 6) is -1.59. The fourth-order valence-electron chi connectivity index (χ4n) is 1.27. The molecule has 82 valence electrons. The Morgan fingerprint density at radius 3 is 2.75 bits per heavy atom. The maximum absolute atomic E-state index is 13.5. The van der Waals surface area contributed by atoms with Crippen LogP contribution in [0.5, 0.6) is 0 Å². The number of nitrogens with zero attached hydrogens (tertiary/aromatic N) is 1. The van der Waals surface area contributed by atoms with Gasteiger partial charge in [0.05, 0.1) is 5.69 Å². The number of aromatic amines is 1. The van der Waals surface area contributed by atoms with Crippen molar-refractivity contribution < 1.29 is 14.3 Å². The summed E-state index contributed by atoms with van der Waals surface area (Å²) in [5.41, 5.74) is 0.451. The van der Waals surface area contributed by atoms with E-state index in [-0.39, 0.29) is 17.0 Å². The van der Waals surface area contributed by atoms with Crippen molar-refractivity contribution in [2.24, 2.45) is 0 Å². The molecule has 0 aliphatic heterocycles. The minimum atomic E-state index is -1.13. The normalized spacial score (nSPS) is 10.4. The third-order valence-corrected chi connectivity index (χ3v) is 2.51. The second-order valence-corrected chi connectivity index (χ2v) is 4.01. The molecule has 2 aromatic rings. The Morgan fingerprint density at radius 1 is 1.44 bits per heavy atom. The number of rotatable bonds is 2. The average molecular weight is 285 g/mol. The van der Waals surface area contributed by atoms with Crippen LogP contribution >= 0.6 is 15.9 Å². The third-order valence-electron chi connectivity index (χ3n) is 2.02. The van der Waals surface area contributed by atoms with E-state index in [2.05, 4.69) is 26.1 Å². The first-order valence-electron chi connectivity index (χ1n) is 4.32. The van der Waals surface area contributed by atoms with E-state index in [1.807, 2.05) is 0 Å². The lowest BCUT2D eigenvalue weighted by atomic mass is 10.1. The number of benzene rings is 1. The number of carbonyl (C=O) groups is 1. The number of hydrogen-bond donors (Lipinski definition) is 2. The highest BCUT2D eigenvalue weighted by atomic mass is 79.9. The molecule has 0 aliphatic rings. The highest BCUT2D eigenvalue weighted by Crippen LogP contribution is 2.24. The van der Waals surface area contributed by atoms with Crippen LogP contribution in [0.2, 0.25) is 0 Å². The van der Waals surface area contributed by atoms with Crippen molar-refractivity contribution in [3.8, 4) is 11.3 Å². The topological polar surface area (TPSA) is 66.0 Å². The summed E-state index contributed by atoms with van der Waals surface area (Å²) >= 11 is 3.13. The summed E-state index contributed by atoms with van der Waals surface area (Å²) < 4.78 is 14.1. The van der Waals surface area contributed by atoms with Gasteiger partial charge in [0.2, 0.25) is 0 Å². The van der Waals surface area contributed by atoms with Gasteiger partial charge in [-0.1, -0.05) is 15.9 Å². The van der Waals surface area contributed by atoms with E-state index >= 15 is 0 Å². The summed E-state index contributed by atoms with van der Waals surface area (Å²) in [6.07, 6.45) is 0. The molecule has 2 rings (SSSR count). The lowest BCUT2D eigenvalue weighted by Gasteiger charge is -1.98. The Kier molecular flexibility index (Phi) is 2.74. The van der Waals surface area contributed by atoms with Gasteiger partial charge < -0.3 is 5.11 Å². The fourth-order valence-corrected chi connectivity index (χ4v) is 1.60. The summed E-state index contributed by atoms with van der Waals surface area (Å²) in [4.78, 5) is 10.6. The zero-order valence-corrected chi connectivity index (χ0v) is 9.45. The zero-order valence-electron chi connectivity index (χ0n) is 7.87. The summed E-state index contributed by atoms with van der Waals surface area (Å²) in [5, 5.41) is 14.7. The van der Waals surface area contributed by atoms with Crippen molar-refractivity contribution in [1.29, 1.82) is 0 Å². The van der Waals surface area contributed by atoms with Crippen molar-refractivity contribution in [3.05, 3.63) is 40.2 Å². The van der Waals surface area contributed by atoms with Crippen LogP contribution in [0, 0.1) is 5.82 Å². The Bertz CT molecular complexity index is 554. The van der Waals surface area contributed by atoms with Gasteiger partial charge in [-0.3, -0.25) is 5.10 Å². The van der Waals surface area contributed by atoms with Crippen LogP contribution < -0.4 is 0 Å². The van der Waals surface area contributed by atoms with Crippen LogP contribution in [0.25, 0.3) is 11.3 Å². The van der Waals surface area contributed by atoms with Crippen molar-refractivity contribution >= 4 is 21.9 Å². The molecule has 4 nitrogen and oxygen atoms in total. The molecule has 6 heteroatoms. The zero-order chi connectivity index (χ0) is 11.7. The van der Waals surface area contributed by atoms with E-state index < -0.39 is 11.8 Å². The molecule has 0 fully saturated rings. The number of hydrogen-bond acceptors (Lipinski definition) is 2. The van der Waals surface area contributed by atoms with Crippen LogP contribution in [-0.2, 0) is 0 Å². The molecule has 16 heavy (non-hydrogen) atoms. The highest BCUT2D eigenvalue weighted by Gasteiger charge is 2.12. The van der Waals surface area contributed by atoms with Gasteiger partial charge in [0.15, 0.2) is 0 Å². The molecule has 0 bridgehead atoms. The number of H-pyrrole nitrogens is 1. The first kappa shape index (κ1) is 10.8. The predicted octanol–water partition coefficient (Wildman–Crippen LogP) is 2.68. The second-order valence-electron chi connectivity index (χ2n) is 3.10. The number of aromatic carboxylic acids is 1. The number of carboxylic acid groups (broad SMARTS) is 1. The van der Waals surface area contributed by atoms with E-state index in [1.165, 1.54) is 18.2 Å². The summed E-state index contributed by atoms with van der Waals surface area (Å²) in [6, 6.07) is 5.77. The predicted molar refractivity (Wildman–Crippen MR) is 58.6 cm³/mol. The maximum atomic E-state index is 13.5. The van der Waals surface area contributed by atoms with Gasteiger partial charge in [-0.15, -0.1) is 0 Å². The lowest BCUT2D eigenvalue weighted by molar-refractivity contribution is 0.0690. The quantitative estimate of drug-likeness (QED) is 0.891. The Labute approximate surface area is 98.2 Å². The summed E-state index contributed by atoms with van der Waals surface area (Å²) in [6.45, 7) is 0. The molecule has 2 N–H and O–H groups in total. The molecule has 0 spiro atoms. The van der Waals surface area contributed by atoms with Gasteiger partial charge in [-0.05, 0) is 24.3 Å². The van der Waals surface area contributed by atoms with Crippen LogP contribution in [0.1, 0.15) is 10.5 Å². The van der Waals surface area contributed by atoms with E-state index in [0.717, 1.165) is 0 Å². The van der Waals surface area contributed by atoms with E-state index in [1.54, 1.807) is 6.07 Å². The number of carboxylic acids is 1. The minimum Gasteiger partial charge on any atom is -0.477 e. The van der Waals surface area contributed by atoms with Gasteiger partial charge in [0.25, 0.3) is 0 Å². The monoisotopic (exact) mass is 284 g/mol. The standard InChI is InChI=1S/C10H6BrFN2O2/c11-5-1-2-6(7(12)3-5)8-4-9(10(15)16)14-13-8/h1-4H,(H,13,14)(H,15,16). The Balaban J connectivity index is 2.46. The number of nitrogens with one attached hydrogen (secondary N) is 1. The Hall–Kier alpha value is -1.69. The van der Waals surface area contributed by atoms with Gasteiger partial charge in [-0.25, -0.2) is 9.18 Å². The second kappa shape index (κ2) is 4.05. The number of halogens is 2. The molecule has 0 amide bonds. The smallest absolute Gasteiger partial charge is 0.353 e. The molecule has 0 saturated carbocycles. The van der Waals surface area contributed by atoms with Crippen LogP contribution in [0.15, 0.2) is 28.7 Å². The van der Waals surface area contributed by atoms with Crippen molar-refractivity contribution in [2.75, 3.05) is 0 Å². The van der Waals surface area contributed by atoms with Gasteiger partial charge in [0.1, 0.15) is 11.5 Å². The van der Waals surface area contributed by atoms with Gasteiger partial charge in [-0.2, -0.15) is 5.10 Å². The molecule has 1 aromatic carbocycles. The molecule has 0 unspecified atom stereocenters. The van der Waals surface area contributed by atoms with Crippen molar-refractivity contribution in [1.82, 2.24) is 10.2 Å². The molecule has 0 aliphatic carbocycles. The molecule has 0 saturated heterocycles. The molecule has 1 aromatic heterocycles. The SMILES string of the molecule is O=C(O)c1cc(-c2ccc(Br)cc2F)n[nH]1. The fraction of sp³-hybridized carbons (Fsp3) is 0. The minimum absolute atomic E-state index is 0.0719. The van der Waals surface area contributed by atoms with Crippen molar-refractivity contribution in [2.45, 2.75) is 0 Å². The number of aromatic nitrogens is 2. The third kappa shape index (κ3) is 1.96. The molecule has 0 radical (unpaired) electrons. The van der Waals surface area contributed by atoms with Gasteiger partial charge in [0, 0.05) is 10.0 Å². The lowest BCUT2D eigenvalue weighted by Crippen LogP contribution is -1.95. The first-order chi connectivity index (χ1) is 7.58. The highest BCUT2D eigenvalue weighted by molar-refractivity contribution is 9.10. The van der Waals surface area contributed by atoms with Crippen LogP contribution in [0.4, 0.5) is 4.39 Å².